The van der Waals surface area contributed by atoms with Gasteiger partial charge in [0.05, 0.1) is 11.1 Å². The predicted octanol–water partition coefficient (Wildman–Crippen LogP) is 2.96. The number of Topliss-reactive ketones (excluding diaryl/α,β-unsaturated/α-hetero) is 1. The maximum absolute atomic E-state index is 14.3. The molecule has 2 aliphatic rings. The number of carbonyl (C=O) groups is 1. The third-order valence-electron chi connectivity index (χ3n) is 7.42. The minimum Gasteiger partial charge on any atom is -0.308 e. The molecule has 11 heteroatoms. The number of benzene rings is 1. The van der Waals surface area contributed by atoms with Gasteiger partial charge in [-0.2, -0.15) is 9.40 Å². The summed E-state index contributed by atoms with van der Waals surface area (Å²) in [7, 11) is -2.28. The fourth-order valence-corrected chi connectivity index (χ4v) is 7.14. The molecule has 2 aromatic heterocycles. The van der Waals surface area contributed by atoms with Crippen molar-refractivity contribution in [3.8, 4) is 0 Å². The van der Waals surface area contributed by atoms with Gasteiger partial charge >= 0.3 is 0 Å². The fraction of sp³-hybridized carbons (Fsp3) is 0.286. The van der Waals surface area contributed by atoms with Gasteiger partial charge in [-0.25, -0.2) is 12.8 Å². The number of sulfonamides is 1. The van der Waals surface area contributed by atoms with Crippen LogP contribution >= 0.6 is 0 Å². The quantitative estimate of drug-likeness (QED) is 0.266. The Kier molecular flexibility index (Phi) is 6.91. The van der Waals surface area contributed by atoms with E-state index in [9.17, 15) is 17.6 Å². The fourth-order valence-electron chi connectivity index (χ4n) is 5.44. The number of pyridine rings is 1. The van der Waals surface area contributed by atoms with E-state index in [0.717, 1.165) is 22.5 Å². The van der Waals surface area contributed by atoms with Crippen molar-refractivity contribution in [1.29, 1.82) is 5.41 Å². The first-order valence-corrected chi connectivity index (χ1v) is 14.0. The summed E-state index contributed by atoms with van der Waals surface area (Å²) >= 11 is 0. The molecule has 1 fully saturated rings. The van der Waals surface area contributed by atoms with Gasteiger partial charge in [-0.05, 0) is 62.1 Å². The van der Waals surface area contributed by atoms with E-state index in [4.69, 9.17) is 5.41 Å². The lowest BCUT2D eigenvalue weighted by Crippen LogP contribution is -2.76. The van der Waals surface area contributed by atoms with E-state index in [-0.39, 0.29) is 41.7 Å². The highest BCUT2D eigenvalue weighted by molar-refractivity contribution is 7.89. The Bertz CT molecular complexity index is 1640. The summed E-state index contributed by atoms with van der Waals surface area (Å²) in [6.07, 6.45) is 6.62. The Labute approximate surface area is 226 Å². The van der Waals surface area contributed by atoms with Crippen LogP contribution in [-0.2, 0) is 17.1 Å². The Morgan fingerprint density at radius 2 is 1.95 bits per heavy atom. The maximum Gasteiger partial charge on any atom is 0.246 e. The predicted molar refractivity (Wildman–Crippen MR) is 144 cm³/mol. The lowest BCUT2D eigenvalue weighted by Gasteiger charge is -2.44. The van der Waals surface area contributed by atoms with Crippen LogP contribution in [-0.4, -0.2) is 52.6 Å². The highest BCUT2D eigenvalue weighted by atomic mass is 32.2. The molecule has 1 unspecified atom stereocenters. The summed E-state index contributed by atoms with van der Waals surface area (Å²) in [4.78, 5) is 18.7. The van der Waals surface area contributed by atoms with Gasteiger partial charge in [0.2, 0.25) is 10.0 Å². The van der Waals surface area contributed by atoms with Crippen LogP contribution in [0.4, 0.5) is 10.1 Å². The number of nitrogens with one attached hydrogen (secondary N) is 1. The van der Waals surface area contributed by atoms with Gasteiger partial charge in [0.25, 0.3) is 0 Å². The summed E-state index contributed by atoms with van der Waals surface area (Å²) in [5, 5.41) is 14.2. The number of rotatable bonds is 7. The molecule has 3 aromatic rings. The van der Waals surface area contributed by atoms with Gasteiger partial charge in [-0.3, -0.25) is 19.8 Å². The minimum atomic E-state index is -3.94. The molecule has 5 rings (SSSR count). The molecule has 0 radical (unpaired) electrons. The van der Waals surface area contributed by atoms with Gasteiger partial charge in [0, 0.05) is 62.5 Å². The Morgan fingerprint density at radius 3 is 2.59 bits per heavy atom. The number of aromatic nitrogens is 3. The lowest BCUT2D eigenvalue weighted by molar-refractivity contribution is -0.513. The van der Waals surface area contributed by atoms with Crippen LogP contribution in [0.2, 0.25) is 0 Å². The SMILES string of the molecule is Cc1ccnc(C(=O)C23CC(C=N)=C([NH2+]c4ccc(F)cc4)C=C2CCN(S(=O)(=O)c2cn(C)nc2C)C3)c1. The monoisotopic (exact) mass is 549 g/mol. The molecule has 0 amide bonds. The summed E-state index contributed by atoms with van der Waals surface area (Å²) in [5.74, 6) is -0.622. The van der Waals surface area contributed by atoms with Gasteiger partial charge in [-0.1, -0.05) is 0 Å². The van der Waals surface area contributed by atoms with E-state index >= 15 is 0 Å². The van der Waals surface area contributed by atoms with Gasteiger partial charge in [-0.15, -0.1) is 0 Å². The molecule has 1 saturated heterocycles. The molecule has 0 bridgehead atoms. The van der Waals surface area contributed by atoms with Crippen molar-refractivity contribution in [1.82, 2.24) is 19.1 Å². The summed E-state index contributed by atoms with van der Waals surface area (Å²) in [6, 6.07) is 9.55. The largest absolute Gasteiger partial charge is 0.308 e. The molecule has 0 saturated carbocycles. The number of aryl methyl sites for hydroxylation is 3. The second-order valence-corrected chi connectivity index (χ2v) is 12.0. The molecular formula is C28H30FN6O3S+. The van der Waals surface area contributed by atoms with Crippen molar-refractivity contribution in [3.63, 3.8) is 0 Å². The van der Waals surface area contributed by atoms with Crippen molar-refractivity contribution in [2.24, 2.45) is 12.5 Å². The number of quaternary nitrogens is 1. The molecular weight excluding hydrogens is 519 g/mol. The minimum absolute atomic E-state index is 0.0782. The molecule has 3 heterocycles. The number of hydrogen-bond acceptors (Lipinski definition) is 6. The van der Waals surface area contributed by atoms with E-state index < -0.39 is 15.4 Å². The van der Waals surface area contributed by atoms with E-state index in [2.05, 4.69) is 10.1 Å². The number of carbonyl (C=O) groups excluding carboxylic acids is 1. The zero-order chi connectivity index (χ0) is 27.9. The van der Waals surface area contributed by atoms with Gasteiger partial charge in [0.15, 0.2) is 5.78 Å². The molecule has 39 heavy (non-hydrogen) atoms. The smallest absolute Gasteiger partial charge is 0.246 e. The second kappa shape index (κ2) is 10.1. The van der Waals surface area contributed by atoms with Crippen LogP contribution in [0.25, 0.3) is 0 Å². The number of hydrogen-bond donors (Lipinski definition) is 2. The van der Waals surface area contributed by atoms with Crippen molar-refractivity contribution in [2.75, 3.05) is 13.1 Å². The van der Waals surface area contributed by atoms with Crippen LogP contribution in [0.1, 0.15) is 34.6 Å². The van der Waals surface area contributed by atoms with Crippen LogP contribution in [0, 0.1) is 30.5 Å². The molecule has 0 spiro atoms. The van der Waals surface area contributed by atoms with Crippen molar-refractivity contribution in [2.45, 2.75) is 31.6 Å². The number of allylic oxidation sites excluding steroid dienone is 2. The first-order chi connectivity index (χ1) is 18.5. The van der Waals surface area contributed by atoms with E-state index in [1.807, 2.05) is 18.3 Å². The molecule has 9 nitrogen and oxygen atoms in total. The average Bonchev–Trinajstić information content (AvgIpc) is 3.27. The summed E-state index contributed by atoms with van der Waals surface area (Å²) in [5.41, 5.74) is 3.17. The number of nitrogens with zero attached hydrogens (tertiary/aromatic N) is 4. The number of halogens is 1. The third-order valence-corrected chi connectivity index (χ3v) is 9.37. The Balaban J connectivity index is 1.59. The maximum atomic E-state index is 14.3. The molecule has 1 aromatic carbocycles. The second-order valence-electron chi connectivity index (χ2n) is 10.1. The standard InChI is InChI=1S/C28H29FN6O3S/c1-18-8-10-31-25(12-18)27(36)28-14-20(15-30)24(32-23-6-4-22(29)5-7-23)13-21(28)9-11-35(17-28)39(37,38)26-16-34(3)33-19(26)2/h4-8,10,12-13,15-16,30,32H,9,11,14,17H2,1-3H3/p+1. The molecule has 3 N–H and O–H groups in total. The van der Waals surface area contributed by atoms with Crippen LogP contribution in [0.15, 0.2) is 76.6 Å². The first-order valence-electron chi connectivity index (χ1n) is 12.6. The summed E-state index contributed by atoms with van der Waals surface area (Å²) < 4.78 is 43.8. The molecule has 202 valence electrons. The molecule has 1 aliphatic carbocycles. The van der Waals surface area contributed by atoms with E-state index in [0.29, 0.717) is 17.7 Å². The highest BCUT2D eigenvalue weighted by Gasteiger charge is 2.51. The van der Waals surface area contributed by atoms with Crippen LogP contribution < -0.4 is 5.32 Å². The van der Waals surface area contributed by atoms with Crippen LogP contribution in [0.3, 0.4) is 0 Å². The Hall–Kier alpha value is -3.80. The van der Waals surface area contributed by atoms with Crippen LogP contribution in [0.5, 0.6) is 0 Å². The topological polar surface area (TPSA) is 126 Å². The van der Waals surface area contributed by atoms with E-state index in [1.54, 1.807) is 44.4 Å². The first kappa shape index (κ1) is 26.8. The van der Waals surface area contributed by atoms with Crippen molar-refractivity contribution in [3.05, 3.63) is 94.5 Å². The third kappa shape index (κ3) is 4.88. The zero-order valence-corrected chi connectivity index (χ0v) is 22.8. The van der Waals surface area contributed by atoms with E-state index in [1.165, 1.54) is 33.5 Å². The lowest BCUT2D eigenvalue weighted by atomic mass is 9.65. The normalized spacial score (nSPS) is 19.9. The number of piperidine rings is 1. The highest BCUT2D eigenvalue weighted by Crippen LogP contribution is 2.47. The van der Waals surface area contributed by atoms with Crippen molar-refractivity contribution < 1.29 is 22.9 Å². The van der Waals surface area contributed by atoms with Gasteiger partial charge < -0.3 is 5.41 Å². The number of fused-ring (bicyclic) bond motifs is 1. The number of nitrogens with two attached hydrogens (primary N) is 1. The zero-order valence-electron chi connectivity index (χ0n) is 22.0. The molecule has 1 aliphatic heterocycles. The number of ketones is 1. The average molecular weight is 550 g/mol. The van der Waals surface area contributed by atoms with Gasteiger partial charge in [0.1, 0.15) is 27.8 Å². The molecule has 1 atom stereocenters. The van der Waals surface area contributed by atoms with Crippen molar-refractivity contribution >= 4 is 27.7 Å². The summed E-state index contributed by atoms with van der Waals surface area (Å²) in [6.45, 7) is 3.64. The Morgan fingerprint density at radius 1 is 1.21 bits per heavy atom.